The summed E-state index contributed by atoms with van der Waals surface area (Å²) in [6.07, 6.45) is 0. The molecule has 2 N–H and O–H groups in total. The zero-order valence-electron chi connectivity index (χ0n) is 7.29. The first kappa shape index (κ1) is 9.83. The molecule has 0 unspecified atom stereocenters. The second-order valence-corrected chi connectivity index (χ2v) is 4.80. The van der Waals surface area contributed by atoms with Gasteiger partial charge in [0, 0.05) is 9.17 Å². The summed E-state index contributed by atoms with van der Waals surface area (Å²) in [5.74, 6) is -0.00176. The highest BCUT2D eigenvalue weighted by atomic mass is 79.9. The van der Waals surface area contributed by atoms with Crippen LogP contribution in [-0.4, -0.2) is 12.3 Å². The number of carbonyl (C=O) groups excluding carboxylic acids is 1. The standard InChI is InChI=1S/C10H8BrNOS/c11-7-3-1-2-6-4-9(8(13)5-12)14-10(6)7/h1-4H,5,12H2. The minimum absolute atomic E-state index is 0.00176. The lowest BCUT2D eigenvalue weighted by Gasteiger charge is -1.90. The van der Waals surface area contributed by atoms with Gasteiger partial charge in [-0.1, -0.05) is 12.1 Å². The summed E-state index contributed by atoms with van der Waals surface area (Å²) in [5.41, 5.74) is 5.31. The maximum atomic E-state index is 11.4. The van der Waals surface area contributed by atoms with Crippen LogP contribution in [0.2, 0.25) is 0 Å². The Morgan fingerprint density at radius 2 is 2.29 bits per heavy atom. The summed E-state index contributed by atoms with van der Waals surface area (Å²) in [7, 11) is 0. The Hall–Kier alpha value is -0.710. The molecule has 72 valence electrons. The molecule has 0 amide bonds. The predicted molar refractivity (Wildman–Crippen MR) is 62.9 cm³/mol. The van der Waals surface area contributed by atoms with Gasteiger partial charge < -0.3 is 5.73 Å². The number of hydrogen-bond donors (Lipinski definition) is 1. The molecular weight excluding hydrogens is 262 g/mol. The van der Waals surface area contributed by atoms with Gasteiger partial charge >= 0.3 is 0 Å². The predicted octanol–water partition coefficient (Wildman–Crippen LogP) is 2.81. The second-order valence-electron chi connectivity index (χ2n) is 2.90. The van der Waals surface area contributed by atoms with Gasteiger partial charge in [0.2, 0.25) is 0 Å². The van der Waals surface area contributed by atoms with E-state index in [1.165, 1.54) is 11.3 Å². The average Bonchev–Trinajstić information content (AvgIpc) is 2.62. The van der Waals surface area contributed by atoms with Crippen molar-refractivity contribution in [3.63, 3.8) is 0 Å². The molecule has 0 spiro atoms. The number of fused-ring (bicyclic) bond motifs is 1. The lowest BCUT2D eigenvalue weighted by atomic mass is 10.2. The van der Waals surface area contributed by atoms with Crippen molar-refractivity contribution in [2.24, 2.45) is 5.73 Å². The lowest BCUT2D eigenvalue weighted by molar-refractivity contribution is 0.101. The first-order valence-corrected chi connectivity index (χ1v) is 5.74. The highest BCUT2D eigenvalue weighted by Crippen LogP contribution is 2.31. The van der Waals surface area contributed by atoms with Crippen molar-refractivity contribution in [2.45, 2.75) is 0 Å². The van der Waals surface area contributed by atoms with Crippen LogP contribution in [0.4, 0.5) is 0 Å². The van der Waals surface area contributed by atoms with E-state index in [1.54, 1.807) is 0 Å². The SMILES string of the molecule is NCC(=O)c1cc2cccc(Br)c2s1. The Morgan fingerprint density at radius 1 is 1.50 bits per heavy atom. The maximum Gasteiger partial charge on any atom is 0.186 e. The van der Waals surface area contributed by atoms with Crippen LogP contribution in [0.1, 0.15) is 9.67 Å². The third-order valence-electron chi connectivity index (χ3n) is 1.96. The Balaban J connectivity index is 2.62. The van der Waals surface area contributed by atoms with Gasteiger partial charge in [-0.2, -0.15) is 0 Å². The van der Waals surface area contributed by atoms with Gasteiger partial charge in [0.1, 0.15) is 0 Å². The Bertz CT molecular complexity index is 492. The van der Waals surface area contributed by atoms with E-state index >= 15 is 0 Å². The van der Waals surface area contributed by atoms with Crippen molar-refractivity contribution in [1.29, 1.82) is 0 Å². The van der Waals surface area contributed by atoms with Crippen molar-refractivity contribution in [2.75, 3.05) is 6.54 Å². The number of rotatable bonds is 2. The van der Waals surface area contributed by atoms with Gasteiger partial charge in [0.25, 0.3) is 0 Å². The third-order valence-corrected chi connectivity index (χ3v) is 4.10. The summed E-state index contributed by atoms with van der Waals surface area (Å²) in [5, 5.41) is 1.08. The quantitative estimate of drug-likeness (QED) is 0.853. The number of benzene rings is 1. The van der Waals surface area contributed by atoms with Crippen LogP contribution >= 0.6 is 27.3 Å². The van der Waals surface area contributed by atoms with Crippen LogP contribution in [0.5, 0.6) is 0 Å². The average molecular weight is 270 g/mol. The molecule has 4 heteroatoms. The summed E-state index contributed by atoms with van der Waals surface area (Å²) >= 11 is 4.93. The largest absolute Gasteiger partial charge is 0.324 e. The third kappa shape index (κ3) is 1.61. The van der Waals surface area contributed by atoms with E-state index in [-0.39, 0.29) is 12.3 Å². The van der Waals surface area contributed by atoms with E-state index in [2.05, 4.69) is 15.9 Å². The molecule has 0 radical (unpaired) electrons. The fourth-order valence-electron chi connectivity index (χ4n) is 1.27. The first-order chi connectivity index (χ1) is 6.72. The molecule has 0 saturated carbocycles. The van der Waals surface area contributed by atoms with Crippen LogP contribution in [-0.2, 0) is 0 Å². The smallest absolute Gasteiger partial charge is 0.186 e. The minimum Gasteiger partial charge on any atom is -0.324 e. The molecule has 0 aliphatic carbocycles. The number of Topliss-reactive ketones (excluding diaryl/α,β-unsaturated/α-hetero) is 1. The van der Waals surface area contributed by atoms with E-state index in [1.807, 2.05) is 24.3 Å². The molecule has 0 aliphatic rings. The zero-order valence-corrected chi connectivity index (χ0v) is 9.69. The molecule has 0 aliphatic heterocycles. The van der Waals surface area contributed by atoms with Crippen LogP contribution < -0.4 is 5.73 Å². The van der Waals surface area contributed by atoms with Crippen molar-refractivity contribution in [1.82, 2.24) is 0 Å². The highest BCUT2D eigenvalue weighted by molar-refractivity contribution is 9.10. The summed E-state index contributed by atoms with van der Waals surface area (Å²) < 4.78 is 2.13. The van der Waals surface area contributed by atoms with Crippen LogP contribution in [0.15, 0.2) is 28.7 Å². The van der Waals surface area contributed by atoms with Crippen molar-refractivity contribution in [3.05, 3.63) is 33.6 Å². The number of hydrogen-bond acceptors (Lipinski definition) is 3. The molecule has 14 heavy (non-hydrogen) atoms. The summed E-state index contributed by atoms with van der Waals surface area (Å²) in [4.78, 5) is 12.1. The lowest BCUT2D eigenvalue weighted by Crippen LogP contribution is -2.11. The molecule has 1 heterocycles. The molecular formula is C10H8BrNOS. The Labute approximate surface area is 93.9 Å². The summed E-state index contributed by atoms with van der Waals surface area (Å²) in [6, 6.07) is 7.80. The molecule has 0 atom stereocenters. The van der Waals surface area contributed by atoms with Gasteiger partial charge in [-0.25, -0.2) is 0 Å². The van der Waals surface area contributed by atoms with Crippen LogP contribution in [0.3, 0.4) is 0 Å². The number of halogens is 1. The number of thiophene rings is 1. The normalized spacial score (nSPS) is 10.7. The van der Waals surface area contributed by atoms with Crippen LogP contribution in [0, 0.1) is 0 Å². The van der Waals surface area contributed by atoms with Crippen molar-refractivity contribution in [3.8, 4) is 0 Å². The first-order valence-electron chi connectivity index (χ1n) is 4.13. The van der Waals surface area contributed by atoms with Gasteiger partial charge in [-0.15, -0.1) is 11.3 Å². The van der Waals surface area contributed by atoms with Gasteiger partial charge in [0.15, 0.2) is 5.78 Å². The number of ketones is 1. The molecule has 0 saturated heterocycles. The topological polar surface area (TPSA) is 43.1 Å². The number of carbonyl (C=O) groups is 1. The van der Waals surface area contributed by atoms with E-state index in [4.69, 9.17) is 5.73 Å². The monoisotopic (exact) mass is 269 g/mol. The van der Waals surface area contributed by atoms with Gasteiger partial charge in [-0.05, 0) is 33.4 Å². The molecule has 2 rings (SSSR count). The van der Waals surface area contributed by atoms with E-state index < -0.39 is 0 Å². The van der Waals surface area contributed by atoms with E-state index in [9.17, 15) is 4.79 Å². The molecule has 1 aromatic carbocycles. The van der Waals surface area contributed by atoms with Gasteiger partial charge in [0.05, 0.1) is 11.4 Å². The zero-order chi connectivity index (χ0) is 10.1. The fourth-order valence-corrected chi connectivity index (χ4v) is 2.90. The second kappa shape index (κ2) is 3.81. The summed E-state index contributed by atoms with van der Waals surface area (Å²) in [6.45, 7) is 0.0739. The molecule has 0 bridgehead atoms. The van der Waals surface area contributed by atoms with Crippen molar-refractivity contribution < 1.29 is 4.79 Å². The van der Waals surface area contributed by atoms with E-state index in [0.29, 0.717) is 0 Å². The Kier molecular flexibility index (Phi) is 2.67. The van der Waals surface area contributed by atoms with Gasteiger partial charge in [-0.3, -0.25) is 4.79 Å². The minimum atomic E-state index is -0.00176. The van der Waals surface area contributed by atoms with E-state index in [0.717, 1.165) is 19.4 Å². The molecule has 0 fully saturated rings. The highest BCUT2D eigenvalue weighted by Gasteiger charge is 2.09. The fraction of sp³-hybridized carbons (Fsp3) is 0.100. The van der Waals surface area contributed by atoms with Crippen LogP contribution in [0.25, 0.3) is 10.1 Å². The maximum absolute atomic E-state index is 11.4. The van der Waals surface area contributed by atoms with Crippen molar-refractivity contribution >= 4 is 43.1 Å². The molecule has 2 aromatic rings. The Morgan fingerprint density at radius 3 is 2.93 bits per heavy atom. The molecule has 2 nitrogen and oxygen atoms in total. The number of nitrogens with two attached hydrogens (primary N) is 1. The molecule has 1 aromatic heterocycles.